The molecule has 0 aliphatic carbocycles. The first-order valence-corrected chi connectivity index (χ1v) is 9.05. The van der Waals surface area contributed by atoms with Gasteiger partial charge in [0.1, 0.15) is 12.4 Å². The Hall–Kier alpha value is -2.64. The van der Waals surface area contributed by atoms with Gasteiger partial charge in [-0.05, 0) is 32.8 Å². The predicted octanol–water partition coefficient (Wildman–Crippen LogP) is 1.09. The maximum absolute atomic E-state index is 12.7. The summed E-state index contributed by atoms with van der Waals surface area (Å²) in [5.74, 6) is 1.22. The van der Waals surface area contributed by atoms with Crippen molar-refractivity contribution in [2.75, 3.05) is 36.8 Å². The smallest absolute Gasteiger partial charge is 0.244 e. The normalized spacial score (nSPS) is 14.8. The Morgan fingerprint density at radius 3 is 2.42 bits per heavy atom. The van der Waals surface area contributed by atoms with Crippen molar-refractivity contribution in [3.8, 4) is 0 Å². The minimum atomic E-state index is 0.108. The summed E-state index contributed by atoms with van der Waals surface area (Å²) in [6.45, 7) is 11.2. The van der Waals surface area contributed by atoms with Crippen LogP contribution >= 0.6 is 0 Å². The number of carbonyl (C=O) groups is 1. The van der Waals surface area contributed by atoms with E-state index < -0.39 is 0 Å². The molecule has 8 nitrogen and oxygen atoms in total. The van der Waals surface area contributed by atoms with Gasteiger partial charge < -0.3 is 15.5 Å². The van der Waals surface area contributed by atoms with Gasteiger partial charge in [0.2, 0.25) is 11.9 Å². The number of carbonyl (C=O) groups excluding carboxylic acids is 1. The molecule has 3 rings (SSSR count). The third-order valence-corrected chi connectivity index (χ3v) is 4.98. The molecule has 1 aliphatic heterocycles. The lowest BCUT2D eigenvalue weighted by Crippen LogP contribution is -2.50. The Bertz CT molecular complexity index is 786. The van der Waals surface area contributed by atoms with Crippen LogP contribution in [0.5, 0.6) is 0 Å². The van der Waals surface area contributed by atoms with Gasteiger partial charge in [0.05, 0.1) is 5.69 Å². The second-order valence-electron chi connectivity index (χ2n) is 6.75. The second kappa shape index (κ2) is 7.31. The van der Waals surface area contributed by atoms with E-state index in [1.165, 1.54) is 5.56 Å². The standard InChI is InChI=1S/C18H27N7O/c1-5-15-13(3)22-25(14(15)4)11-17(26)24-8-6-23(7-9-24)16-10-12(2)20-18(19)21-16/h10H,5-9,11H2,1-4H3,(H2,19,20,21). The lowest BCUT2D eigenvalue weighted by molar-refractivity contribution is -0.132. The number of nitrogens with zero attached hydrogens (tertiary/aromatic N) is 6. The van der Waals surface area contributed by atoms with Gasteiger partial charge in [-0.3, -0.25) is 9.48 Å². The van der Waals surface area contributed by atoms with Gasteiger partial charge in [-0.2, -0.15) is 10.1 Å². The van der Waals surface area contributed by atoms with Crippen LogP contribution in [0.3, 0.4) is 0 Å². The molecule has 140 valence electrons. The van der Waals surface area contributed by atoms with E-state index in [9.17, 15) is 4.79 Å². The summed E-state index contributed by atoms with van der Waals surface area (Å²) in [4.78, 5) is 25.1. The lowest BCUT2D eigenvalue weighted by atomic mass is 10.1. The van der Waals surface area contributed by atoms with Crippen LogP contribution in [0.15, 0.2) is 6.07 Å². The van der Waals surface area contributed by atoms with Crippen molar-refractivity contribution < 1.29 is 4.79 Å². The molecule has 1 saturated heterocycles. The van der Waals surface area contributed by atoms with Crippen LogP contribution in [0.25, 0.3) is 0 Å². The van der Waals surface area contributed by atoms with Gasteiger partial charge >= 0.3 is 0 Å². The molecule has 2 N–H and O–H groups in total. The molecule has 0 unspecified atom stereocenters. The van der Waals surface area contributed by atoms with E-state index in [0.29, 0.717) is 19.6 Å². The molecular formula is C18H27N7O. The Morgan fingerprint density at radius 1 is 1.15 bits per heavy atom. The molecule has 26 heavy (non-hydrogen) atoms. The van der Waals surface area contributed by atoms with Crippen molar-refractivity contribution in [3.63, 3.8) is 0 Å². The van der Waals surface area contributed by atoms with Crippen molar-refractivity contribution in [1.82, 2.24) is 24.6 Å². The number of hydrogen-bond acceptors (Lipinski definition) is 6. The number of hydrogen-bond donors (Lipinski definition) is 1. The van der Waals surface area contributed by atoms with Crippen LogP contribution in [-0.2, 0) is 17.8 Å². The van der Waals surface area contributed by atoms with E-state index in [-0.39, 0.29) is 11.9 Å². The van der Waals surface area contributed by atoms with Crippen molar-refractivity contribution in [1.29, 1.82) is 0 Å². The zero-order chi connectivity index (χ0) is 18.8. The van der Waals surface area contributed by atoms with Crippen LogP contribution in [0.1, 0.15) is 29.6 Å². The molecule has 1 aliphatic rings. The molecule has 8 heteroatoms. The molecule has 2 aromatic rings. The summed E-state index contributed by atoms with van der Waals surface area (Å²) in [7, 11) is 0. The second-order valence-corrected chi connectivity index (χ2v) is 6.75. The first kappa shape index (κ1) is 18.2. The van der Waals surface area contributed by atoms with Crippen LogP contribution in [0.2, 0.25) is 0 Å². The molecule has 0 bridgehead atoms. The molecule has 1 fully saturated rings. The highest BCUT2D eigenvalue weighted by Gasteiger charge is 2.23. The van der Waals surface area contributed by atoms with E-state index in [1.54, 1.807) is 0 Å². The van der Waals surface area contributed by atoms with Crippen molar-refractivity contribution in [2.45, 2.75) is 40.7 Å². The highest BCUT2D eigenvalue weighted by atomic mass is 16.2. The fraction of sp³-hybridized carbons (Fsp3) is 0.556. The number of piperazine rings is 1. The summed E-state index contributed by atoms with van der Waals surface area (Å²) in [6.07, 6.45) is 0.937. The topological polar surface area (TPSA) is 93.2 Å². The van der Waals surface area contributed by atoms with Gasteiger partial charge in [-0.1, -0.05) is 6.92 Å². The van der Waals surface area contributed by atoms with Crippen LogP contribution in [0.4, 0.5) is 11.8 Å². The van der Waals surface area contributed by atoms with E-state index in [0.717, 1.165) is 42.4 Å². The fourth-order valence-electron chi connectivity index (χ4n) is 3.55. The quantitative estimate of drug-likeness (QED) is 0.880. The molecule has 0 aromatic carbocycles. The van der Waals surface area contributed by atoms with Crippen molar-refractivity contribution in [2.24, 2.45) is 0 Å². The van der Waals surface area contributed by atoms with Gasteiger partial charge in [-0.15, -0.1) is 0 Å². The maximum atomic E-state index is 12.7. The number of rotatable bonds is 4. The maximum Gasteiger partial charge on any atom is 0.244 e. The average Bonchev–Trinajstić information content (AvgIpc) is 2.87. The molecule has 3 heterocycles. The number of aryl methyl sites for hydroxylation is 2. The minimum Gasteiger partial charge on any atom is -0.368 e. The van der Waals surface area contributed by atoms with E-state index in [2.05, 4.69) is 26.9 Å². The number of anilines is 2. The van der Waals surface area contributed by atoms with E-state index in [1.807, 2.05) is 36.4 Å². The Morgan fingerprint density at radius 2 is 1.85 bits per heavy atom. The molecule has 2 aromatic heterocycles. The number of amides is 1. The summed E-state index contributed by atoms with van der Waals surface area (Å²) < 4.78 is 1.83. The predicted molar refractivity (Wildman–Crippen MR) is 101 cm³/mol. The fourth-order valence-corrected chi connectivity index (χ4v) is 3.55. The first-order valence-electron chi connectivity index (χ1n) is 9.05. The number of nitrogens with two attached hydrogens (primary N) is 1. The van der Waals surface area contributed by atoms with E-state index >= 15 is 0 Å². The van der Waals surface area contributed by atoms with Crippen molar-refractivity contribution >= 4 is 17.7 Å². The molecule has 1 amide bonds. The van der Waals surface area contributed by atoms with Gasteiger partial charge in [0.25, 0.3) is 0 Å². The van der Waals surface area contributed by atoms with Crippen LogP contribution in [-0.4, -0.2) is 56.7 Å². The Kier molecular flexibility index (Phi) is 5.11. The Labute approximate surface area is 154 Å². The Balaban J connectivity index is 1.62. The molecule has 0 radical (unpaired) electrons. The SMILES string of the molecule is CCc1c(C)nn(CC(=O)N2CCN(c3cc(C)nc(N)n3)CC2)c1C. The van der Waals surface area contributed by atoms with Crippen molar-refractivity contribution in [3.05, 3.63) is 28.7 Å². The molecule has 0 saturated carbocycles. The first-order chi connectivity index (χ1) is 12.4. The minimum absolute atomic E-state index is 0.108. The van der Waals surface area contributed by atoms with Crippen LogP contribution < -0.4 is 10.6 Å². The highest BCUT2D eigenvalue weighted by molar-refractivity contribution is 5.76. The molecule has 0 atom stereocenters. The average molecular weight is 357 g/mol. The van der Waals surface area contributed by atoms with Gasteiger partial charge in [0, 0.05) is 43.6 Å². The van der Waals surface area contributed by atoms with Gasteiger partial charge in [0.15, 0.2) is 0 Å². The van der Waals surface area contributed by atoms with Crippen LogP contribution in [0, 0.1) is 20.8 Å². The molecular weight excluding hydrogens is 330 g/mol. The zero-order valence-electron chi connectivity index (χ0n) is 16.0. The number of nitrogen functional groups attached to an aromatic ring is 1. The summed E-state index contributed by atoms with van der Waals surface area (Å²) in [6, 6.07) is 1.93. The summed E-state index contributed by atoms with van der Waals surface area (Å²) in [5, 5.41) is 4.53. The lowest BCUT2D eigenvalue weighted by Gasteiger charge is -2.35. The monoisotopic (exact) mass is 357 g/mol. The summed E-state index contributed by atoms with van der Waals surface area (Å²) in [5.41, 5.74) is 9.93. The largest absolute Gasteiger partial charge is 0.368 e. The number of aromatic nitrogens is 4. The zero-order valence-corrected chi connectivity index (χ0v) is 16.0. The van der Waals surface area contributed by atoms with Gasteiger partial charge in [-0.25, -0.2) is 4.98 Å². The van der Waals surface area contributed by atoms with E-state index in [4.69, 9.17) is 5.73 Å². The highest BCUT2D eigenvalue weighted by Crippen LogP contribution is 2.17. The molecule has 0 spiro atoms. The third kappa shape index (κ3) is 3.63. The third-order valence-electron chi connectivity index (χ3n) is 4.98. The summed E-state index contributed by atoms with van der Waals surface area (Å²) >= 11 is 0.